The molecule has 0 saturated carbocycles. The zero-order valence-corrected chi connectivity index (χ0v) is 20.3. The van der Waals surface area contributed by atoms with Crippen molar-refractivity contribution in [3.8, 4) is 23.3 Å². The standard InChI is InChI=1S/C23H14Br3NO3/c24-18-4-1-14(2-5-18)12-28-23-19(25)8-15(9-20(23)26)7-17(11-27)16-3-6-21-22(10-16)30-13-29-21/h1-10H,12-13H2/b17-7-. The van der Waals surface area contributed by atoms with Gasteiger partial charge in [-0.05, 0) is 97.1 Å². The van der Waals surface area contributed by atoms with E-state index in [2.05, 4.69) is 53.9 Å². The minimum atomic E-state index is 0.200. The fraction of sp³-hybridized carbons (Fsp3) is 0.0870. The van der Waals surface area contributed by atoms with E-state index < -0.39 is 0 Å². The van der Waals surface area contributed by atoms with Crippen LogP contribution in [0.25, 0.3) is 11.6 Å². The Bertz CT molecular complexity index is 1140. The van der Waals surface area contributed by atoms with E-state index in [0.29, 0.717) is 29.4 Å². The van der Waals surface area contributed by atoms with Crippen molar-refractivity contribution in [1.82, 2.24) is 0 Å². The number of fused-ring (bicyclic) bond motifs is 1. The molecule has 0 radical (unpaired) electrons. The predicted octanol–water partition coefficient (Wildman–Crippen LogP) is 7.35. The number of hydrogen-bond donors (Lipinski definition) is 0. The average Bonchev–Trinajstić information content (AvgIpc) is 3.20. The van der Waals surface area contributed by atoms with Gasteiger partial charge in [-0.1, -0.05) is 28.1 Å². The SMILES string of the molecule is N#C/C(=C/c1cc(Br)c(OCc2ccc(Br)cc2)c(Br)c1)c1ccc2c(c1)OCO2. The van der Waals surface area contributed by atoms with Gasteiger partial charge < -0.3 is 14.2 Å². The van der Waals surface area contributed by atoms with Gasteiger partial charge in [0.05, 0.1) is 20.6 Å². The van der Waals surface area contributed by atoms with Gasteiger partial charge in [-0.2, -0.15) is 5.26 Å². The van der Waals surface area contributed by atoms with Crippen LogP contribution in [0.1, 0.15) is 16.7 Å². The van der Waals surface area contributed by atoms with Crippen molar-refractivity contribution in [2.75, 3.05) is 6.79 Å². The monoisotopic (exact) mass is 589 g/mol. The predicted molar refractivity (Wildman–Crippen MR) is 126 cm³/mol. The highest BCUT2D eigenvalue weighted by Gasteiger charge is 2.15. The molecule has 3 aromatic rings. The Morgan fingerprint density at radius 1 is 0.967 bits per heavy atom. The number of nitriles is 1. The molecule has 4 nitrogen and oxygen atoms in total. The number of rotatable bonds is 5. The third kappa shape index (κ3) is 4.72. The first-order chi connectivity index (χ1) is 14.5. The zero-order chi connectivity index (χ0) is 21.1. The van der Waals surface area contributed by atoms with Gasteiger partial charge in [-0.25, -0.2) is 0 Å². The van der Waals surface area contributed by atoms with E-state index in [1.54, 1.807) is 0 Å². The third-order valence-corrected chi connectivity index (χ3v) is 6.14. The van der Waals surface area contributed by atoms with E-state index in [1.807, 2.05) is 60.7 Å². The first-order valence-electron chi connectivity index (χ1n) is 8.91. The summed E-state index contributed by atoms with van der Waals surface area (Å²) in [6.45, 7) is 0.645. The average molecular weight is 592 g/mol. The van der Waals surface area contributed by atoms with Crippen molar-refractivity contribution >= 4 is 59.4 Å². The van der Waals surface area contributed by atoms with E-state index in [1.165, 1.54) is 0 Å². The molecule has 0 atom stereocenters. The minimum absolute atomic E-state index is 0.200. The van der Waals surface area contributed by atoms with E-state index >= 15 is 0 Å². The van der Waals surface area contributed by atoms with E-state index in [-0.39, 0.29) is 6.79 Å². The molecule has 30 heavy (non-hydrogen) atoms. The summed E-state index contributed by atoms with van der Waals surface area (Å²) < 4.78 is 19.4. The zero-order valence-electron chi connectivity index (χ0n) is 15.5. The van der Waals surface area contributed by atoms with Crippen LogP contribution in [0.5, 0.6) is 17.2 Å². The van der Waals surface area contributed by atoms with Gasteiger partial charge >= 0.3 is 0 Å². The molecule has 0 N–H and O–H groups in total. The molecule has 0 spiro atoms. The molecule has 1 aliphatic rings. The van der Waals surface area contributed by atoms with Crippen LogP contribution in [0, 0.1) is 11.3 Å². The second kappa shape index (κ2) is 9.25. The lowest BCUT2D eigenvalue weighted by Gasteiger charge is -2.12. The quantitative estimate of drug-likeness (QED) is 0.230. The molecule has 3 aromatic carbocycles. The third-order valence-electron chi connectivity index (χ3n) is 4.43. The van der Waals surface area contributed by atoms with Crippen LogP contribution < -0.4 is 14.2 Å². The Hall–Kier alpha value is -2.27. The molecule has 1 aliphatic heterocycles. The van der Waals surface area contributed by atoms with Crippen molar-refractivity contribution in [1.29, 1.82) is 5.26 Å². The highest BCUT2D eigenvalue weighted by molar-refractivity contribution is 9.11. The molecular weight excluding hydrogens is 578 g/mol. The number of ether oxygens (including phenoxy) is 3. The Kier molecular flexibility index (Phi) is 6.47. The minimum Gasteiger partial charge on any atom is -0.487 e. The Labute approximate surface area is 199 Å². The Morgan fingerprint density at radius 3 is 2.37 bits per heavy atom. The summed E-state index contributed by atoms with van der Waals surface area (Å²) >= 11 is 10.6. The largest absolute Gasteiger partial charge is 0.487 e. The van der Waals surface area contributed by atoms with Gasteiger partial charge in [-0.15, -0.1) is 0 Å². The highest BCUT2D eigenvalue weighted by Crippen LogP contribution is 2.38. The smallest absolute Gasteiger partial charge is 0.231 e. The van der Waals surface area contributed by atoms with Gasteiger partial charge in [0.2, 0.25) is 6.79 Å². The summed E-state index contributed by atoms with van der Waals surface area (Å²) in [7, 11) is 0. The number of halogens is 3. The molecule has 0 aliphatic carbocycles. The summed E-state index contributed by atoms with van der Waals surface area (Å²) in [5, 5.41) is 9.67. The fourth-order valence-corrected chi connectivity index (χ4v) is 4.66. The summed E-state index contributed by atoms with van der Waals surface area (Å²) in [6.07, 6.45) is 1.82. The first kappa shape index (κ1) is 21.0. The van der Waals surface area contributed by atoms with Crippen molar-refractivity contribution in [2.24, 2.45) is 0 Å². The summed E-state index contributed by atoms with van der Waals surface area (Å²) in [5.41, 5.74) is 3.22. The maximum Gasteiger partial charge on any atom is 0.231 e. The van der Waals surface area contributed by atoms with Crippen molar-refractivity contribution in [3.63, 3.8) is 0 Å². The van der Waals surface area contributed by atoms with Crippen LogP contribution in [0.15, 0.2) is 68.0 Å². The van der Waals surface area contributed by atoms with Crippen LogP contribution in [0.2, 0.25) is 0 Å². The summed E-state index contributed by atoms with van der Waals surface area (Å²) in [5.74, 6) is 2.04. The number of hydrogen-bond acceptors (Lipinski definition) is 4. The lowest BCUT2D eigenvalue weighted by atomic mass is 10.0. The maximum atomic E-state index is 9.67. The number of allylic oxidation sites excluding steroid dienone is 1. The Balaban J connectivity index is 1.57. The lowest BCUT2D eigenvalue weighted by molar-refractivity contribution is 0.174. The van der Waals surface area contributed by atoms with Crippen molar-refractivity contribution in [2.45, 2.75) is 6.61 Å². The number of nitrogens with zero attached hydrogens (tertiary/aromatic N) is 1. The lowest BCUT2D eigenvalue weighted by Crippen LogP contribution is -1.97. The Morgan fingerprint density at radius 2 is 1.67 bits per heavy atom. The molecule has 150 valence electrons. The van der Waals surface area contributed by atoms with Gasteiger partial charge in [-0.3, -0.25) is 0 Å². The van der Waals surface area contributed by atoms with Crippen LogP contribution in [-0.2, 0) is 6.61 Å². The second-order valence-electron chi connectivity index (χ2n) is 6.47. The molecular formula is C23H14Br3NO3. The molecule has 0 amide bonds. The normalized spacial score (nSPS) is 12.5. The molecule has 4 rings (SSSR count). The van der Waals surface area contributed by atoms with Crippen LogP contribution >= 0.6 is 47.8 Å². The molecule has 0 fully saturated rings. The van der Waals surface area contributed by atoms with Gasteiger partial charge in [0.25, 0.3) is 0 Å². The van der Waals surface area contributed by atoms with Crippen LogP contribution in [-0.4, -0.2) is 6.79 Å². The molecule has 1 heterocycles. The van der Waals surface area contributed by atoms with Crippen molar-refractivity contribution < 1.29 is 14.2 Å². The maximum absolute atomic E-state index is 9.67. The van der Waals surface area contributed by atoms with Crippen LogP contribution in [0.3, 0.4) is 0 Å². The highest BCUT2D eigenvalue weighted by atomic mass is 79.9. The summed E-state index contributed by atoms with van der Waals surface area (Å²) in [4.78, 5) is 0. The summed E-state index contributed by atoms with van der Waals surface area (Å²) in [6, 6.07) is 19.6. The fourth-order valence-electron chi connectivity index (χ4n) is 2.95. The first-order valence-corrected chi connectivity index (χ1v) is 11.3. The van der Waals surface area contributed by atoms with Gasteiger partial charge in [0.1, 0.15) is 12.4 Å². The molecule has 0 saturated heterocycles. The molecule has 0 aromatic heterocycles. The molecule has 0 unspecified atom stereocenters. The van der Waals surface area contributed by atoms with E-state index in [9.17, 15) is 5.26 Å². The second-order valence-corrected chi connectivity index (χ2v) is 9.09. The van der Waals surface area contributed by atoms with Gasteiger partial charge in [0, 0.05) is 4.47 Å². The number of benzene rings is 3. The van der Waals surface area contributed by atoms with E-state index in [0.717, 1.165) is 30.1 Å². The molecule has 0 bridgehead atoms. The van der Waals surface area contributed by atoms with Crippen molar-refractivity contribution in [3.05, 3.63) is 84.7 Å². The molecule has 7 heteroatoms. The van der Waals surface area contributed by atoms with Gasteiger partial charge in [0.15, 0.2) is 11.5 Å². The van der Waals surface area contributed by atoms with E-state index in [4.69, 9.17) is 14.2 Å². The topological polar surface area (TPSA) is 51.5 Å². The van der Waals surface area contributed by atoms with Crippen LogP contribution in [0.4, 0.5) is 0 Å².